The van der Waals surface area contributed by atoms with Gasteiger partial charge < -0.3 is 4.90 Å². The highest BCUT2D eigenvalue weighted by atomic mass is 32.2. The zero-order chi connectivity index (χ0) is 36.6. The van der Waals surface area contributed by atoms with Crippen molar-refractivity contribution in [2.24, 2.45) is 0 Å². The molecule has 4 aliphatic heterocycles. The maximum absolute atomic E-state index is 2.71. The number of para-hydroxylation sites is 2. The van der Waals surface area contributed by atoms with Gasteiger partial charge in [0.25, 0.3) is 0 Å². The molecule has 0 fully saturated rings. The highest BCUT2D eigenvalue weighted by Crippen LogP contribution is 2.62. The molecule has 0 N–H and O–H groups in total. The Hall–Kier alpha value is -6.39. The first kappa shape index (κ1) is 30.9. The SMILES string of the molecule is c1ccc2c(c1)Sc1ccccc1C21c2ccccc2N(c2ccc3c(c2)[Si]2(c4ccccc4-c4ccccc42)c2cc4ccccc4cc2-3)c2ccccc21. The van der Waals surface area contributed by atoms with Crippen molar-refractivity contribution in [3.05, 3.63) is 222 Å². The Morgan fingerprint density at radius 3 is 1.45 bits per heavy atom. The molecule has 13 rings (SSSR count). The Balaban J connectivity index is 1.12. The van der Waals surface area contributed by atoms with E-state index < -0.39 is 13.5 Å². The summed E-state index contributed by atoms with van der Waals surface area (Å²) < 4.78 is 0. The summed E-state index contributed by atoms with van der Waals surface area (Å²) in [6.07, 6.45) is 0. The van der Waals surface area contributed by atoms with Gasteiger partial charge in [0.05, 0.1) is 16.8 Å². The summed E-state index contributed by atoms with van der Waals surface area (Å²) in [5.74, 6) is 0. The van der Waals surface area contributed by atoms with Crippen LogP contribution in [0.25, 0.3) is 33.0 Å². The maximum Gasteiger partial charge on any atom is 0.182 e. The van der Waals surface area contributed by atoms with E-state index in [2.05, 4.69) is 205 Å². The van der Waals surface area contributed by atoms with Crippen LogP contribution in [0.1, 0.15) is 22.3 Å². The number of fused-ring (bicyclic) bond motifs is 19. The highest BCUT2D eigenvalue weighted by Gasteiger charge is 2.55. The summed E-state index contributed by atoms with van der Waals surface area (Å²) in [6, 6.07) is 76.4. The molecule has 56 heavy (non-hydrogen) atoms. The van der Waals surface area contributed by atoms with Crippen LogP contribution in [0.3, 0.4) is 0 Å². The summed E-state index contributed by atoms with van der Waals surface area (Å²) in [6.45, 7) is 0. The molecule has 0 radical (unpaired) electrons. The van der Waals surface area contributed by atoms with E-state index in [-0.39, 0.29) is 0 Å². The molecular weight excluding hydrogens is 711 g/mol. The molecule has 0 saturated carbocycles. The standard InChI is InChI=1S/C53H33NSSi/c1-2-16-35-32-51-40(31-34(35)15-1)39-30-29-36(33-52(39)56(51)49-27-13-3-17-37(49)38-18-4-14-28-50(38)56)54-45-23-9-5-19-41(45)53(42-20-6-10-24-46(42)54)43-21-7-11-25-47(43)55-48-26-12-8-22-44(48)53/h1-33H. The molecule has 4 heterocycles. The predicted octanol–water partition coefficient (Wildman–Crippen LogP) is 10.8. The van der Waals surface area contributed by atoms with E-state index in [1.165, 1.54) is 103 Å². The smallest absolute Gasteiger partial charge is 0.182 e. The van der Waals surface area contributed by atoms with E-state index in [9.17, 15) is 0 Å². The molecule has 260 valence electrons. The highest BCUT2D eigenvalue weighted by molar-refractivity contribution is 7.99. The van der Waals surface area contributed by atoms with E-state index in [0.717, 1.165) is 0 Å². The third kappa shape index (κ3) is 3.68. The topological polar surface area (TPSA) is 3.24 Å². The number of rotatable bonds is 1. The van der Waals surface area contributed by atoms with Crippen LogP contribution in [0.15, 0.2) is 210 Å². The van der Waals surface area contributed by atoms with E-state index >= 15 is 0 Å². The molecule has 0 atom stereocenters. The molecular formula is C53H33NSSi. The van der Waals surface area contributed by atoms with Crippen LogP contribution in [0.2, 0.25) is 0 Å². The number of anilines is 3. The molecule has 0 aliphatic carbocycles. The third-order valence-corrected chi connectivity index (χ3v) is 19.2. The average Bonchev–Trinajstić information content (AvgIpc) is 3.72. The van der Waals surface area contributed by atoms with Crippen LogP contribution in [-0.2, 0) is 5.41 Å². The summed E-state index contributed by atoms with van der Waals surface area (Å²) in [5, 5.41) is 8.59. The van der Waals surface area contributed by atoms with Crippen LogP contribution in [0, 0.1) is 0 Å². The minimum atomic E-state index is -2.71. The Labute approximate surface area is 331 Å². The zero-order valence-electron chi connectivity index (χ0n) is 30.4. The second kappa shape index (κ2) is 11.1. The second-order valence-electron chi connectivity index (χ2n) is 15.5. The van der Waals surface area contributed by atoms with Crippen molar-refractivity contribution in [1.82, 2.24) is 0 Å². The minimum absolute atomic E-state index is 0.464. The number of hydrogen-bond donors (Lipinski definition) is 0. The third-order valence-electron chi connectivity index (χ3n) is 13.1. The van der Waals surface area contributed by atoms with E-state index in [0.29, 0.717) is 0 Å². The number of benzene rings is 9. The van der Waals surface area contributed by atoms with Crippen LogP contribution in [-0.4, -0.2) is 8.07 Å². The van der Waals surface area contributed by atoms with Gasteiger partial charge in [0.15, 0.2) is 8.07 Å². The van der Waals surface area contributed by atoms with Crippen molar-refractivity contribution in [2.75, 3.05) is 4.90 Å². The fraction of sp³-hybridized carbons (Fsp3) is 0.0189. The molecule has 0 saturated heterocycles. The Morgan fingerprint density at radius 2 is 0.821 bits per heavy atom. The van der Waals surface area contributed by atoms with Gasteiger partial charge in [0, 0.05) is 15.5 Å². The monoisotopic (exact) mass is 743 g/mol. The minimum Gasteiger partial charge on any atom is -0.310 e. The number of hydrogen-bond acceptors (Lipinski definition) is 2. The van der Waals surface area contributed by atoms with E-state index in [1.54, 1.807) is 0 Å². The van der Waals surface area contributed by atoms with Gasteiger partial charge in [0.1, 0.15) is 0 Å². The van der Waals surface area contributed by atoms with E-state index in [1.807, 2.05) is 11.8 Å². The first-order valence-electron chi connectivity index (χ1n) is 19.5. The molecule has 9 aromatic carbocycles. The van der Waals surface area contributed by atoms with Gasteiger partial charge in [-0.15, -0.1) is 0 Å². The fourth-order valence-electron chi connectivity index (χ4n) is 11.0. The lowest BCUT2D eigenvalue weighted by Gasteiger charge is -2.49. The molecule has 9 aromatic rings. The predicted molar refractivity (Wildman–Crippen MR) is 236 cm³/mol. The lowest BCUT2D eigenvalue weighted by Crippen LogP contribution is -2.70. The normalized spacial score (nSPS) is 15.3. The maximum atomic E-state index is 2.59. The summed E-state index contributed by atoms with van der Waals surface area (Å²) in [4.78, 5) is 5.20. The number of nitrogens with zero attached hydrogens (tertiary/aromatic N) is 1. The van der Waals surface area contributed by atoms with Crippen molar-refractivity contribution in [2.45, 2.75) is 15.2 Å². The summed E-state index contributed by atoms with van der Waals surface area (Å²) in [5.41, 5.74) is 14.1. The Morgan fingerprint density at radius 1 is 0.357 bits per heavy atom. The lowest BCUT2D eigenvalue weighted by molar-refractivity contribution is 0.692. The molecule has 2 spiro atoms. The van der Waals surface area contributed by atoms with Gasteiger partial charge in [-0.1, -0.05) is 169 Å². The molecule has 0 amide bonds. The second-order valence-corrected chi connectivity index (χ2v) is 20.3. The van der Waals surface area contributed by atoms with Gasteiger partial charge in [-0.2, -0.15) is 0 Å². The molecule has 4 aliphatic rings. The summed E-state index contributed by atoms with van der Waals surface area (Å²) in [7, 11) is -2.71. The molecule has 0 bridgehead atoms. The van der Waals surface area contributed by atoms with Crippen molar-refractivity contribution in [1.29, 1.82) is 0 Å². The van der Waals surface area contributed by atoms with Crippen LogP contribution >= 0.6 is 11.8 Å². The molecule has 0 unspecified atom stereocenters. The van der Waals surface area contributed by atoms with Gasteiger partial charge in [-0.05, 0) is 118 Å². The van der Waals surface area contributed by atoms with Gasteiger partial charge in [-0.25, -0.2) is 0 Å². The lowest BCUT2D eigenvalue weighted by atomic mass is 9.62. The summed E-state index contributed by atoms with van der Waals surface area (Å²) >= 11 is 1.90. The largest absolute Gasteiger partial charge is 0.310 e. The Bertz CT molecular complexity index is 3020. The van der Waals surface area contributed by atoms with Crippen LogP contribution in [0.4, 0.5) is 17.1 Å². The van der Waals surface area contributed by atoms with Gasteiger partial charge >= 0.3 is 0 Å². The van der Waals surface area contributed by atoms with Crippen molar-refractivity contribution < 1.29 is 0 Å². The molecule has 3 heteroatoms. The first-order chi connectivity index (χ1) is 27.8. The van der Waals surface area contributed by atoms with Crippen molar-refractivity contribution in [3.63, 3.8) is 0 Å². The van der Waals surface area contributed by atoms with Crippen LogP contribution in [0.5, 0.6) is 0 Å². The zero-order valence-corrected chi connectivity index (χ0v) is 32.2. The van der Waals surface area contributed by atoms with Crippen molar-refractivity contribution >= 4 is 68.4 Å². The average molecular weight is 744 g/mol. The first-order valence-corrected chi connectivity index (χ1v) is 22.3. The van der Waals surface area contributed by atoms with Crippen molar-refractivity contribution in [3.8, 4) is 22.3 Å². The molecule has 1 nitrogen and oxygen atoms in total. The molecule has 0 aromatic heterocycles. The van der Waals surface area contributed by atoms with Crippen LogP contribution < -0.4 is 25.6 Å². The van der Waals surface area contributed by atoms with E-state index in [4.69, 9.17) is 0 Å². The van der Waals surface area contributed by atoms with Gasteiger partial charge in [-0.3, -0.25) is 0 Å². The Kier molecular flexibility index (Phi) is 6.12. The fourth-order valence-corrected chi connectivity index (χ4v) is 17.9. The van der Waals surface area contributed by atoms with Gasteiger partial charge in [0.2, 0.25) is 0 Å². The quantitative estimate of drug-likeness (QED) is 0.154.